The van der Waals surface area contributed by atoms with Crippen molar-refractivity contribution in [3.63, 3.8) is 0 Å². The van der Waals surface area contributed by atoms with Crippen LogP contribution >= 0.6 is 0 Å². The van der Waals surface area contributed by atoms with E-state index in [2.05, 4.69) is 46.4 Å². The summed E-state index contributed by atoms with van der Waals surface area (Å²) in [5, 5.41) is 3.79. The van der Waals surface area contributed by atoms with E-state index in [1.54, 1.807) is 0 Å². The van der Waals surface area contributed by atoms with E-state index in [0.717, 1.165) is 6.54 Å². The van der Waals surface area contributed by atoms with Crippen molar-refractivity contribution in [2.24, 2.45) is 0 Å². The minimum absolute atomic E-state index is 0.644. The van der Waals surface area contributed by atoms with E-state index < -0.39 is 0 Å². The first-order valence-corrected chi connectivity index (χ1v) is 8.06. The van der Waals surface area contributed by atoms with Crippen LogP contribution in [0, 0.1) is 0 Å². The summed E-state index contributed by atoms with van der Waals surface area (Å²) >= 11 is 0. The molecule has 0 saturated carbocycles. The maximum atomic E-state index is 3.79. The minimum atomic E-state index is 0.644. The van der Waals surface area contributed by atoms with Gasteiger partial charge in [-0.15, -0.1) is 0 Å². The maximum absolute atomic E-state index is 3.79. The molecular formula is C17H27N3. The zero-order chi connectivity index (χ0) is 13.8. The van der Waals surface area contributed by atoms with Gasteiger partial charge in [-0.05, 0) is 70.5 Å². The Hall–Kier alpha value is -1.06. The molecule has 1 N–H and O–H groups in total. The second-order valence-electron chi connectivity index (χ2n) is 6.36. The number of likely N-dealkylation sites (tertiary alicyclic amines) is 2. The van der Waals surface area contributed by atoms with Gasteiger partial charge >= 0.3 is 0 Å². The summed E-state index contributed by atoms with van der Waals surface area (Å²) in [5.74, 6) is 0. The van der Waals surface area contributed by atoms with E-state index in [4.69, 9.17) is 0 Å². The lowest BCUT2D eigenvalue weighted by Crippen LogP contribution is -2.37. The fourth-order valence-electron chi connectivity index (χ4n) is 3.35. The second kappa shape index (κ2) is 6.59. The molecule has 0 spiro atoms. The first-order chi connectivity index (χ1) is 9.81. The Kier molecular flexibility index (Phi) is 4.58. The molecule has 0 unspecified atom stereocenters. The molecule has 2 fully saturated rings. The van der Waals surface area contributed by atoms with Gasteiger partial charge in [-0.2, -0.15) is 0 Å². The van der Waals surface area contributed by atoms with Crippen molar-refractivity contribution in [1.82, 2.24) is 9.80 Å². The zero-order valence-electron chi connectivity index (χ0n) is 12.6. The molecule has 0 radical (unpaired) electrons. The summed E-state index contributed by atoms with van der Waals surface area (Å²) in [5.41, 5.74) is 2.82. The number of hydrogen-bond donors (Lipinski definition) is 1. The number of para-hydroxylation sites is 1. The fraction of sp³-hybridized carbons (Fsp3) is 0.647. The molecule has 20 heavy (non-hydrogen) atoms. The summed E-state index contributed by atoms with van der Waals surface area (Å²) in [6.45, 7) is 6.07. The molecule has 110 valence electrons. The number of nitrogens with zero attached hydrogens (tertiary/aromatic N) is 2. The van der Waals surface area contributed by atoms with Gasteiger partial charge in [0.05, 0.1) is 0 Å². The third-order valence-electron chi connectivity index (χ3n) is 4.69. The van der Waals surface area contributed by atoms with Crippen LogP contribution in [0.4, 0.5) is 5.69 Å². The van der Waals surface area contributed by atoms with Crippen LogP contribution in [0.2, 0.25) is 0 Å². The van der Waals surface area contributed by atoms with Gasteiger partial charge in [0, 0.05) is 18.3 Å². The van der Waals surface area contributed by atoms with Gasteiger partial charge in [-0.3, -0.25) is 4.90 Å². The molecule has 0 atom stereocenters. The normalized spacial score (nSPS) is 22.2. The van der Waals surface area contributed by atoms with Crippen LogP contribution in [0.3, 0.4) is 0 Å². The quantitative estimate of drug-likeness (QED) is 0.910. The average Bonchev–Trinajstić information content (AvgIpc) is 2.96. The molecule has 2 saturated heterocycles. The zero-order valence-corrected chi connectivity index (χ0v) is 12.6. The van der Waals surface area contributed by atoms with E-state index >= 15 is 0 Å². The number of benzene rings is 1. The first-order valence-electron chi connectivity index (χ1n) is 8.06. The number of anilines is 1. The van der Waals surface area contributed by atoms with Gasteiger partial charge < -0.3 is 10.2 Å². The fourth-order valence-corrected chi connectivity index (χ4v) is 3.35. The minimum Gasteiger partial charge on any atom is -0.382 e. The Labute approximate surface area is 123 Å². The molecule has 3 heteroatoms. The SMILES string of the molecule is CN1CCC(Nc2ccccc2CN2CCCC2)CC1. The molecule has 0 bridgehead atoms. The monoisotopic (exact) mass is 273 g/mol. The van der Waals surface area contributed by atoms with Crippen LogP contribution < -0.4 is 5.32 Å². The highest BCUT2D eigenvalue weighted by Gasteiger charge is 2.18. The molecule has 0 aromatic heterocycles. The van der Waals surface area contributed by atoms with E-state index in [1.807, 2.05) is 0 Å². The van der Waals surface area contributed by atoms with Crippen LogP contribution in [0.5, 0.6) is 0 Å². The lowest BCUT2D eigenvalue weighted by atomic mass is 10.0. The molecule has 3 nitrogen and oxygen atoms in total. The summed E-state index contributed by atoms with van der Waals surface area (Å²) in [4.78, 5) is 5.00. The van der Waals surface area contributed by atoms with E-state index in [1.165, 1.54) is 63.1 Å². The van der Waals surface area contributed by atoms with Crippen molar-refractivity contribution in [3.05, 3.63) is 29.8 Å². The smallest absolute Gasteiger partial charge is 0.0388 e. The molecule has 1 aromatic rings. The average molecular weight is 273 g/mol. The van der Waals surface area contributed by atoms with Crippen molar-refractivity contribution in [3.8, 4) is 0 Å². The number of rotatable bonds is 4. The van der Waals surface area contributed by atoms with Crippen molar-refractivity contribution in [2.45, 2.75) is 38.3 Å². The van der Waals surface area contributed by atoms with Gasteiger partial charge in [-0.1, -0.05) is 18.2 Å². The molecule has 2 heterocycles. The van der Waals surface area contributed by atoms with Crippen molar-refractivity contribution in [1.29, 1.82) is 0 Å². The van der Waals surface area contributed by atoms with Crippen LogP contribution in [-0.4, -0.2) is 49.1 Å². The van der Waals surface area contributed by atoms with Crippen LogP contribution in [0.15, 0.2) is 24.3 Å². The van der Waals surface area contributed by atoms with Crippen molar-refractivity contribution >= 4 is 5.69 Å². The Morgan fingerprint density at radius 1 is 1.05 bits per heavy atom. The maximum Gasteiger partial charge on any atom is 0.0388 e. The van der Waals surface area contributed by atoms with E-state index in [0.29, 0.717) is 6.04 Å². The molecule has 2 aliphatic rings. The predicted octanol–water partition coefficient (Wildman–Crippen LogP) is 2.79. The first kappa shape index (κ1) is 13.9. The summed E-state index contributed by atoms with van der Waals surface area (Å²) in [7, 11) is 2.22. The lowest BCUT2D eigenvalue weighted by molar-refractivity contribution is 0.263. The molecule has 0 aliphatic carbocycles. The molecular weight excluding hydrogens is 246 g/mol. The van der Waals surface area contributed by atoms with E-state index in [-0.39, 0.29) is 0 Å². The highest BCUT2D eigenvalue weighted by Crippen LogP contribution is 2.22. The number of piperidine rings is 1. The summed E-state index contributed by atoms with van der Waals surface area (Å²) in [6, 6.07) is 9.51. The number of hydrogen-bond acceptors (Lipinski definition) is 3. The predicted molar refractivity (Wildman–Crippen MR) is 85.1 cm³/mol. The molecule has 3 rings (SSSR count). The second-order valence-corrected chi connectivity index (χ2v) is 6.36. The van der Waals surface area contributed by atoms with Crippen molar-refractivity contribution < 1.29 is 0 Å². The van der Waals surface area contributed by atoms with Gasteiger partial charge in [0.15, 0.2) is 0 Å². The topological polar surface area (TPSA) is 18.5 Å². The molecule has 1 aromatic carbocycles. The van der Waals surface area contributed by atoms with Gasteiger partial charge in [-0.25, -0.2) is 0 Å². The Balaban J connectivity index is 1.63. The van der Waals surface area contributed by atoms with Crippen molar-refractivity contribution in [2.75, 3.05) is 38.5 Å². The Morgan fingerprint density at radius 3 is 2.50 bits per heavy atom. The van der Waals surface area contributed by atoms with Crippen LogP contribution in [0.1, 0.15) is 31.2 Å². The Morgan fingerprint density at radius 2 is 1.75 bits per heavy atom. The third-order valence-corrected chi connectivity index (χ3v) is 4.69. The highest BCUT2D eigenvalue weighted by atomic mass is 15.1. The largest absolute Gasteiger partial charge is 0.382 e. The van der Waals surface area contributed by atoms with E-state index in [9.17, 15) is 0 Å². The number of nitrogens with one attached hydrogen (secondary N) is 1. The van der Waals surface area contributed by atoms with Crippen LogP contribution in [-0.2, 0) is 6.54 Å². The Bertz CT molecular complexity index is 418. The van der Waals surface area contributed by atoms with Gasteiger partial charge in [0.1, 0.15) is 0 Å². The third kappa shape index (κ3) is 3.53. The lowest BCUT2D eigenvalue weighted by Gasteiger charge is -2.31. The van der Waals surface area contributed by atoms with Gasteiger partial charge in [0.2, 0.25) is 0 Å². The van der Waals surface area contributed by atoms with Gasteiger partial charge in [0.25, 0.3) is 0 Å². The summed E-state index contributed by atoms with van der Waals surface area (Å²) in [6.07, 6.45) is 5.25. The highest BCUT2D eigenvalue weighted by molar-refractivity contribution is 5.51. The standard InChI is InChI=1S/C17H27N3/c1-19-12-8-16(9-13-19)18-17-7-3-2-6-15(17)14-20-10-4-5-11-20/h2-3,6-7,16,18H,4-5,8-14H2,1H3. The summed E-state index contributed by atoms with van der Waals surface area (Å²) < 4.78 is 0. The molecule has 2 aliphatic heterocycles. The van der Waals surface area contributed by atoms with Crippen LogP contribution in [0.25, 0.3) is 0 Å². The molecule has 0 amide bonds.